The lowest BCUT2D eigenvalue weighted by Crippen LogP contribution is -2.51. The predicted octanol–water partition coefficient (Wildman–Crippen LogP) is 3.75. The predicted molar refractivity (Wildman–Crippen MR) is 114 cm³/mol. The average Bonchev–Trinajstić information content (AvgIpc) is 2.68. The lowest BCUT2D eigenvalue weighted by molar-refractivity contribution is -0.140. The van der Waals surface area contributed by atoms with Crippen LogP contribution in [0.1, 0.15) is 38.8 Å². The molecule has 2 atom stereocenters. The first kappa shape index (κ1) is 21.7. The lowest BCUT2D eigenvalue weighted by Gasteiger charge is -2.25. The van der Waals surface area contributed by atoms with Crippen LogP contribution in [0.3, 0.4) is 0 Å². The molecule has 0 aliphatic rings. The molecule has 0 heterocycles. The Kier molecular flexibility index (Phi) is 8.24. The lowest BCUT2D eigenvalue weighted by atomic mass is 9.95. The molecule has 28 heavy (non-hydrogen) atoms. The van der Waals surface area contributed by atoms with Crippen molar-refractivity contribution < 1.29 is 9.59 Å². The molecule has 0 saturated heterocycles. The molecule has 2 amide bonds. The monoisotopic (exact) mass is 380 g/mol. The zero-order valence-corrected chi connectivity index (χ0v) is 17.3. The number of benzene rings is 2. The first-order valence-corrected chi connectivity index (χ1v) is 10.1. The normalized spacial score (nSPS) is 13.2. The summed E-state index contributed by atoms with van der Waals surface area (Å²) in [5, 5.41) is 5.84. The number of carbonyl (C=O) groups is 2. The summed E-state index contributed by atoms with van der Waals surface area (Å²) in [6, 6.07) is 19.8. The summed E-state index contributed by atoms with van der Waals surface area (Å²) in [4.78, 5) is 25.1. The molecule has 0 aromatic heterocycles. The highest BCUT2D eigenvalue weighted by atomic mass is 16.2. The van der Waals surface area contributed by atoms with Gasteiger partial charge in [-0.1, -0.05) is 88.4 Å². The Bertz CT molecular complexity index is 676. The zero-order chi connectivity index (χ0) is 20.5. The van der Waals surface area contributed by atoms with E-state index in [1.165, 1.54) is 0 Å². The van der Waals surface area contributed by atoms with E-state index in [9.17, 15) is 9.59 Å². The van der Waals surface area contributed by atoms with Crippen LogP contribution in [-0.2, 0) is 22.4 Å². The van der Waals surface area contributed by atoms with Crippen LogP contribution in [0.2, 0.25) is 0 Å². The van der Waals surface area contributed by atoms with Crippen molar-refractivity contribution in [1.29, 1.82) is 0 Å². The fourth-order valence-electron chi connectivity index (χ4n) is 3.11. The Morgan fingerprint density at radius 3 is 1.25 bits per heavy atom. The maximum absolute atomic E-state index is 12.5. The van der Waals surface area contributed by atoms with Gasteiger partial charge in [0.05, 0.1) is 0 Å². The van der Waals surface area contributed by atoms with E-state index in [4.69, 9.17) is 0 Å². The molecule has 0 bridgehead atoms. The Morgan fingerprint density at radius 2 is 0.964 bits per heavy atom. The molecule has 4 nitrogen and oxygen atoms in total. The highest BCUT2D eigenvalue weighted by molar-refractivity contribution is 6.35. The summed E-state index contributed by atoms with van der Waals surface area (Å²) in [6.07, 6.45) is 1.41. The Morgan fingerprint density at radius 1 is 0.643 bits per heavy atom. The first-order valence-electron chi connectivity index (χ1n) is 10.1. The van der Waals surface area contributed by atoms with E-state index < -0.39 is 11.8 Å². The fraction of sp³-hybridized carbons (Fsp3) is 0.417. The van der Waals surface area contributed by atoms with E-state index in [1.807, 2.05) is 60.7 Å². The van der Waals surface area contributed by atoms with Crippen molar-refractivity contribution in [3.8, 4) is 0 Å². The average molecular weight is 381 g/mol. The third kappa shape index (κ3) is 6.84. The molecule has 0 saturated carbocycles. The van der Waals surface area contributed by atoms with Crippen LogP contribution in [-0.4, -0.2) is 23.9 Å². The highest BCUT2D eigenvalue weighted by Gasteiger charge is 2.24. The van der Waals surface area contributed by atoms with Crippen molar-refractivity contribution in [3.05, 3.63) is 71.8 Å². The molecule has 2 aromatic rings. The minimum Gasteiger partial charge on any atom is -0.345 e. The van der Waals surface area contributed by atoms with Gasteiger partial charge in [-0.05, 0) is 35.8 Å². The molecule has 4 heteroatoms. The Hall–Kier alpha value is -2.62. The first-order chi connectivity index (χ1) is 13.4. The van der Waals surface area contributed by atoms with Gasteiger partial charge < -0.3 is 10.6 Å². The van der Waals surface area contributed by atoms with Gasteiger partial charge in [-0.15, -0.1) is 0 Å². The van der Waals surface area contributed by atoms with Gasteiger partial charge in [0.15, 0.2) is 0 Å². The molecule has 2 rings (SSSR count). The summed E-state index contributed by atoms with van der Waals surface area (Å²) >= 11 is 0. The van der Waals surface area contributed by atoms with E-state index in [1.54, 1.807) is 0 Å². The molecule has 0 aliphatic carbocycles. The summed E-state index contributed by atoms with van der Waals surface area (Å²) in [6.45, 7) is 8.21. The van der Waals surface area contributed by atoms with Crippen molar-refractivity contribution in [3.63, 3.8) is 0 Å². The standard InChI is InChI=1S/C24H32N2O2/c1-17(2)21(15-19-11-7-5-8-12-19)25-23(27)24(28)26-22(18(3)4)16-20-13-9-6-10-14-20/h5-14,17-18,21-22H,15-16H2,1-4H3,(H,25,27)(H,26,28)/t21-,22-/m1/s1. The van der Waals surface area contributed by atoms with Crippen molar-refractivity contribution in [1.82, 2.24) is 10.6 Å². The summed E-state index contributed by atoms with van der Waals surface area (Å²) in [5.74, 6) is -0.675. The molecular formula is C24H32N2O2. The maximum atomic E-state index is 12.5. The van der Waals surface area contributed by atoms with Crippen LogP contribution < -0.4 is 10.6 Å². The smallest absolute Gasteiger partial charge is 0.309 e. The van der Waals surface area contributed by atoms with E-state index in [-0.39, 0.29) is 23.9 Å². The minimum atomic E-state index is -0.562. The topological polar surface area (TPSA) is 58.2 Å². The van der Waals surface area contributed by atoms with Crippen LogP contribution in [0, 0.1) is 11.8 Å². The SMILES string of the molecule is CC(C)[C@@H](Cc1ccccc1)NC(=O)C(=O)N[C@H](Cc1ccccc1)C(C)C. The van der Waals surface area contributed by atoms with Gasteiger partial charge in [0.25, 0.3) is 0 Å². The van der Waals surface area contributed by atoms with Crippen LogP contribution >= 0.6 is 0 Å². The quantitative estimate of drug-likeness (QED) is 0.685. The minimum absolute atomic E-state index is 0.0905. The number of amides is 2. The second-order valence-electron chi connectivity index (χ2n) is 8.03. The van der Waals surface area contributed by atoms with Crippen molar-refractivity contribution in [2.24, 2.45) is 11.8 Å². The van der Waals surface area contributed by atoms with Gasteiger partial charge in [-0.3, -0.25) is 9.59 Å². The number of hydrogen-bond acceptors (Lipinski definition) is 2. The van der Waals surface area contributed by atoms with Gasteiger partial charge in [-0.2, -0.15) is 0 Å². The highest BCUT2D eigenvalue weighted by Crippen LogP contribution is 2.12. The Balaban J connectivity index is 1.97. The zero-order valence-electron chi connectivity index (χ0n) is 17.3. The maximum Gasteiger partial charge on any atom is 0.309 e. The third-order valence-electron chi connectivity index (χ3n) is 5.05. The van der Waals surface area contributed by atoms with Crippen molar-refractivity contribution in [2.45, 2.75) is 52.6 Å². The van der Waals surface area contributed by atoms with Gasteiger partial charge in [-0.25, -0.2) is 0 Å². The molecule has 150 valence electrons. The molecule has 2 aromatic carbocycles. The van der Waals surface area contributed by atoms with Crippen LogP contribution in [0.4, 0.5) is 0 Å². The molecule has 0 unspecified atom stereocenters. The fourth-order valence-corrected chi connectivity index (χ4v) is 3.11. The number of carbonyl (C=O) groups excluding carboxylic acids is 2. The summed E-state index contributed by atoms with van der Waals surface area (Å²) in [7, 11) is 0. The van der Waals surface area contributed by atoms with Gasteiger partial charge >= 0.3 is 11.8 Å². The Labute approximate surface area is 168 Å². The molecular weight excluding hydrogens is 348 g/mol. The summed E-state index contributed by atoms with van der Waals surface area (Å²) in [5.41, 5.74) is 2.29. The van der Waals surface area contributed by atoms with Crippen LogP contribution in [0.25, 0.3) is 0 Å². The number of nitrogens with one attached hydrogen (secondary N) is 2. The van der Waals surface area contributed by atoms with Gasteiger partial charge in [0.1, 0.15) is 0 Å². The van der Waals surface area contributed by atoms with Crippen LogP contribution in [0.5, 0.6) is 0 Å². The van der Waals surface area contributed by atoms with E-state index in [2.05, 4.69) is 38.3 Å². The van der Waals surface area contributed by atoms with Gasteiger partial charge in [0.2, 0.25) is 0 Å². The molecule has 0 fully saturated rings. The van der Waals surface area contributed by atoms with Crippen molar-refractivity contribution >= 4 is 11.8 Å². The van der Waals surface area contributed by atoms with E-state index in [0.717, 1.165) is 11.1 Å². The summed E-state index contributed by atoms with van der Waals surface area (Å²) < 4.78 is 0. The second kappa shape index (κ2) is 10.6. The number of rotatable bonds is 8. The largest absolute Gasteiger partial charge is 0.345 e. The molecule has 2 N–H and O–H groups in total. The molecule has 0 aliphatic heterocycles. The van der Waals surface area contributed by atoms with Crippen molar-refractivity contribution in [2.75, 3.05) is 0 Å². The number of hydrogen-bond donors (Lipinski definition) is 2. The second-order valence-corrected chi connectivity index (χ2v) is 8.03. The van der Waals surface area contributed by atoms with E-state index in [0.29, 0.717) is 12.8 Å². The van der Waals surface area contributed by atoms with E-state index >= 15 is 0 Å². The van der Waals surface area contributed by atoms with Crippen LogP contribution in [0.15, 0.2) is 60.7 Å². The molecule has 0 radical (unpaired) electrons. The third-order valence-corrected chi connectivity index (χ3v) is 5.05. The van der Waals surface area contributed by atoms with Gasteiger partial charge in [0, 0.05) is 12.1 Å². The molecule has 0 spiro atoms.